The average Bonchev–Trinajstić information content (AvgIpc) is 2.95. The highest BCUT2D eigenvalue weighted by atomic mass is 79.9. The summed E-state index contributed by atoms with van der Waals surface area (Å²) in [5.41, 5.74) is 2.10. The topological polar surface area (TPSA) is 18.5 Å². The first-order chi connectivity index (χ1) is 9.73. The van der Waals surface area contributed by atoms with Crippen LogP contribution in [0.2, 0.25) is 5.02 Å². The first-order valence-electron chi connectivity index (χ1n) is 6.42. The minimum atomic E-state index is -0.717. The molecule has 0 unspecified atom stereocenters. The molecule has 1 heterocycles. The van der Waals surface area contributed by atoms with Gasteiger partial charge in [-0.1, -0.05) is 70.0 Å². The van der Waals surface area contributed by atoms with Crippen LogP contribution in [0.5, 0.6) is 0 Å². The molecule has 2 nitrogen and oxygen atoms in total. The molecular weight excluding hydrogens is 340 g/mol. The second-order valence-electron chi connectivity index (χ2n) is 4.72. The Labute approximate surface area is 131 Å². The molecule has 104 valence electrons. The van der Waals surface area contributed by atoms with Crippen molar-refractivity contribution in [3.05, 3.63) is 70.7 Å². The van der Waals surface area contributed by atoms with E-state index in [1.165, 1.54) is 0 Å². The molecule has 0 N–H and O–H groups in total. The zero-order valence-corrected chi connectivity index (χ0v) is 13.1. The molecule has 20 heavy (non-hydrogen) atoms. The van der Waals surface area contributed by atoms with E-state index in [4.69, 9.17) is 21.1 Å². The van der Waals surface area contributed by atoms with Crippen molar-refractivity contribution in [2.24, 2.45) is 0 Å². The fourth-order valence-electron chi connectivity index (χ4n) is 2.34. The summed E-state index contributed by atoms with van der Waals surface area (Å²) >= 11 is 9.43. The molecule has 0 spiro atoms. The van der Waals surface area contributed by atoms with E-state index in [0.29, 0.717) is 11.9 Å². The van der Waals surface area contributed by atoms with Crippen molar-refractivity contribution in [1.82, 2.24) is 0 Å². The molecule has 4 heteroatoms. The third kappa shape index (κ3) is 2.63. The molecule has 0 radical (unpaired) electrons. The highest BCUT2D eigenvalue weighted by molar-refractivity contribution is 9.09. The molecule has 3 rings (SSSR count). The average molecular weight is 354 g/mol. The van der Waals surface area contributed by atoms with Gasteiger partial charge in [-0.05, 0) is 17.7 Å². The van der Waals surface area contributed by atoms with Crippen LogP contribution >= 0.6 is 27.5 Å². The van der Waals surface area contributed by atoms with E-state index in [2.05, 4.69) is 15.9 Å². The quantitative estimate of drug-likeness (QED) is 0.746. The molecule has 0 saturated carbocycles. The molecule has 1 fully saturated rings. The predicted molar refractivity (Wildman–Crippen MR) is 83.1 cm³/mol. The second kappa shape index (κ2) is 5.86. The summed E-state index contributed by atoms with van der Waals surface area (Å²) in [6.07, 6.45) is -0.0787. The molecule has 1 saturated heterocycles. The Morgan fingerprint density at radius 2 is 1.80 bits per heavy atom. The lowest BCUT2D eigenvalue weighted by Crippen LogP contribution is -2.29. The normalized spacial score (nSPS) is 25.8. The van der Waals surface area contributed by atoms with Crippen LogP contribution in [0.1, 0.15) is 17.2 Å². The highest BCUT2D eigenvalue weighted by Gasteiger charge is 2.42. The van der Waals surface area contributed by atoms with E-state index in [0.717, 1.165) is 16.1 Å². The number of alkyl halides is 1. The Bertz CT molecular complexity index is 573. The lowest BCUT2D eigenvalue weighted by molar-refractivity contribution is -0.157. The van der Waals surface area contributed by atoms with Crippen LogP contribution in [0.4, 0.5) is 0 Å². The van der Waals surface area contributed by atoms with Crippen LogP contribution in [-0.2, 0) is 15.3 Å². The summed E-state index contributed by atoms with van der Waals surface area (Å²) in [7, 11) is 0. The number of rotatable bonds is 3. The maximum atomic E-state index is 6.20. The molecular formula is C16H14BrClO2. The van der Waals surface area contributed by atoms with Crippen LogP contribution in [-0.4, -0.2) is 11.9 Å². The maximum Gasteiger partial charge on any atom is 0.205 e. The van der Waals surface area contributed by atoms with Gasteiger partial charge in [0.25, 0.3) is 0 Å². The molecule has 1 aliphatic heterocycles. The number of hydrogen-bond donors (Lipinski definition) is 0. The SMILES string of the molecule is Clc1ccc([C@H]2CO[C@@](CBr)(c3ccccc3)O2)cc1. The Kier molecular flexibility index (Phi) is 4.13. The van der Waals surface area contributed by atoms with Gasteiger partial charge in [0.15, 0.2) is 0 Å². The first kappa shape index (κ1) is 14.1. The fraction of sp³-hybridized carbons (Fsp3) is 0.250. The van der Waals surface area contributed by atoms with Gasteiger partial charge in [0.1, 0.15) is 6.10 Å². The standard InChI is InChI=1S/C16H14BrClO2/c17-11-16(13-4-2-1-3-5-13)19-10-15(20-16)12-6-8-14(18)9-7-12/h1-9,15H,10-11H2/t15-,16-/m1/s1. The van der Waals surface area contributed by atoms with Gasteiger partial charge in [-0.3, -0.25) is 0 Å². The van der Waals surface area contributed by atoms with Crippen LogP contribution in [0.25, 0.3) is 0 Å². The summed E-state index contributed by atoms with van der Waals surface area (Å²) in [5.74, 6) is -0.717. The number of benzene rings is 2. The second-order valence-corrected chi connectivity index (χ2v) is 5.72. The fourth-order valence-corrected chi connectivity index (χ4v) is 3.08. The predicted octanol–water partition coefficient (Wildman–Crippen LogP) is 4.68. The Hall–Kier alpha value is -0.870. The molecule has 0 aliphatic carbocycles. The maximum absolute atomic E-state index is 6.20. The number of halogens is 2. The number of hydrogen-bond acceptors (Lipinski definition) is 2. The lowest BCUT2D eigenvalue weighted by Gasteiger charge is -2.26. The van der Waals surface area contributed by atoms with Crippen molar-refractivity contribution in [2.75, 3.05) is 11.9 Å². The summed E-state index contributed by atoms with van der Waals surface area (Å²) in [5, 5.41) is 1.32. The zero-order valence-electron chi connectivity index (χ0n) is 10.8. The van der Waals surface area contributed by atoms with Crippen molar-refractivity contribution in [3.63, 3.8) is 0 Å². The van der Waals surface area contributed by atoms with Crippen molar-refractivity contribution < 1.29 is 9.47 Å². The first-order valence-corrected chi connectivity index (χ1v) is 7.92. The molecule has 0 aromatic heterocycles. The van der Waals surface area contributed by atoms with Gasteiger partial charge in [-0.2, -0.15) is 0 Å². The molecule has 2 aromatic carbocycles. The zero-order chi connectivity index (χ0) is 14.0. The van der Waals surface area contributed by atoms with Gasteiger partial charge < -0.3 is 9.47 Å². The molecule has 1 aliphatic rings. The third-order valence-electron chi connectivity index (χ3n) is 3.43. The van der Waals surface area contributed by atoms with Crippen LogP contribution < -0.4 is 0 Å². The third-order valence-corrected chi connectivity index (χ3v) is 4.42. The summed E-state index contributed by atoms with van der Waals surface area (Å²) < 4.78 is 12.2. The highest BCUT2D eigenvalue weighted by Crippen LogP contribution is 2.41. The van der Waals surface area contributed by atoms with Crippen LogP contribution in [0, 0.1) is 0 Å². The van der Waals surface area contributed by atoms with E-state index >= 15 is 0 Å². The smallest absolute Gasteiger partial charge is 0.205 e. The van der Waals surface area contributed by atoms with E-state index in [1.807, 2.05) is 54.6 Å². The minimum absolute atomic E-state index is 0.0787. The van der Waals surface area contributed by atoms with E-state index < -0.39 is 5.79 Å². The van der Waals surface area contributed by atoms with Crippen LogP contribution in [0.15, 0.2) is 54.6 Å². The van der Waals surface area contributed by atoms with Gasteiger partial charge in [-0.15, -0.1) is 0 Å². The van der Waals surface area contributed by atoms with Crippen molar-refractivity contribution >= 4 is 27.5 Å². The largest absolute Gasteiger partial charge is 0.342 e. The Morgan fingerprint density at radius 3 is 2.45 bits per heavy atom. The van der Waals surface area contributed by atoms with Crippen molar-refractivity contribution in [3.8, 4) is 0 Å². The van der Waals surface area contributed by atoms with Gasteiger partial charge >= 0.3 is 0 Å². The van der Waals surface area contributed by atoms with Gasteiger partial charge in [0.05, 0.1) is 11.9 Å². The lowest BCUT2D eigenvalue weighted by atomic mass is 10.1. The van der Waals surface area contributed by atoms with Crippen molar-refractivity contribution in [1.29, 1.82) is 0 Å². The van der Waals surface area contributed by atoms with Gasteiger partial charge in [0, 0.05) is 10.6 Å². The van der Waals surface area contributed by atoms with Gasteiger partial charge in [-0.25, -0.2) is 0 Å². The Morgan fingerprint density at radius 1 is 1.10 bits per heavy atom. The van der Waals surface area contributed by atoms with E-state index in [1.54, 1.807) is 0 Å². The Balaban J connectivity index is 1.86. The summed E-state index contributed by atoms with van der Waals surface area (Å²) in [4.78, 5) is 0. The van der Waals surface area contributed by atoms with Crippen molar-refractivity contribution in [2.45, 2.75) is 11.9 Å². The van der Waals surface area contributed by atoms with E-state index in [9.17, 15) is 0 Å². The van der Waals surface area contributed by atoms with E-state index in [-0.39, 0.29) is 6.10 Å². The molecule has 0 bridgehead atoms. The minimum Gasteiger partial charge on any atom is -0.342 e. The number of ether oxygens (including phenoxy) is 2. The monoisotopic (exact) mass is 352 g/mol. The molecule has 2 aromatic rings. The molecule has 2 atom stereocenters. The van der Waals surface area contributed by atoms with Gasteiger partial charge in [0.2, 0.25) is 5.79 Å². The molecule has 0 amide bonds. The van der Waals surface area contributed by atoms with Crippen LogP contribution in [0.3, 0.4) is 0 Å². The summed E-state index contributed by atoms with van der Waals surface area (Å²) in [6, 6.07) is 17.7. The summed E-state index contributed by atoms with van der Waals surface area (Å²) in [6.45, 7) is 0.530.